The van der Waals surface area contributed by atoms with Crippen LogP contribution in [0.2, 0.25) is 5.02 Å². The van der Waals surface area contributed by atoms with Gasteiger partial charge in [0.25, 0.3) is 0 Å². The molecule has 0 bridgehead atoms. The van der Waals surface area contributed by atoms with E-state index in [1.54, 1.807) is 18.2 Å². The van der Waals surface area contributed by atoms with Crippen LogP contribution in [0.3, 0.4) is 0 Å². The normalized spacial score (nSPS) is 15.2. The first-order valence-corrected chi connectivity index (χ1v) is 11.1. The fraction of sp³-hybridized carbons (Fsp3) is 0.316. The van der Waals surface area contributed by atoms with Gasteiger partial charge in [-0.15, -0.1) is 0 Å². The first kappa shape index (κ1) is 21.0. The van der Waals surface area contributed by atoms with E-state index in [0.29, 0.717) is 24.5 Å². The summed E-state index contributed by atoms with van der Waals surface area (Å²) in [6.45, 7) is 2.87. The van der Waals surface area contributed by atoms with Crippen LogP contribution in [0.4, 0.5) is 15.8 Å². The molecule has 0 aromatic heterocycles. The van der Waals surface area contributed by atoms with Gasteiger partial charge in [0, 0.05) is 18.8 Å². The fourth-order valence-corrected chi connectivity index (χ4v) is 5.14. The number of halogens is 2. The number of sulfonamides is 1. The lowest BCUT2D eigenvalue weighted by atomic mass is 10.2. The molecular weight excluding hydrogens is 421 g/mol. The molecule has 28 heavy (non-hydrogen) atoms. The maximum Gasteiger partial charge on any atom is 0.245 e. The molecule has 0 saturated carbocycles. The van der Waals surface area contributed by atoms with Crippen molar-refractivity contribution in [3.8, 4) is 0 Å². The van der Waals surface area contributed by atoms with Crippen molar-refractivity contribution >= 4 is 50.3 Å². The predicted molar refractivity (Wildman–Crippen MR) is 115 cm³/mol. The van der Waals surface area contributed by atoms with E-state index in [9.17, 15) is 12.8 Å². The number of aryl methyl sites for hydroxylation is 1. The maximum atomic E-state index is 13.6. The van der Waals surface area contributed by atoms with Crippen LogP contribution in [-0.2, 0) is 10.0 Å². The van der Waals surface area contributed by atoms with Gasteiger partial charge in [0.1, 0.15) is 10.7 Å². The Morgan fingerprint density at radius 1 is 1.11 bits per heavy atom. The lowest BCUT2D eigenvalue weighted by molar-refractivity contribution is 0.347. The number of hydrogen-bond acceptors (Lipinski definition) is 3. The Hall–Kier alpha value is -1.74. The third-order valence-corrected chi connectivity index (χ3v) is 6.94. The van der Waals surface area contributed by atoms with Crippen LogP contribution in [0, 0.1) is 12.7 Å². The highest BCUT2D eigenvalue weighted by molar-refractivity contribution is 7.89. The zero-order valence-electron chi connectivity index (χ0n) is 15.3. The van der Waals surface area contributed by atoms with E-state index in [1.807, 2.05) is 13.0 Å². The van der Waals surface area contributed by atoms with Gasteiger partial charge in [0.05, 0.1) is 10.7 Å². The van der Waals surface area contributed by atoms with Gasteiger partial charge in [-0.1, -0.05) is 24.1 Å². The van der Waals surface area contributed by atoms with E-state index in [2.05, 4.69) is 10.6 Å². The predicted octanol–water partition coefficient (Wildman–Crippen LogP) is 4.77. The van der Waals surface area contributed by atoms with Gasteiger partial charge in [0.15, 0.2) is 5.11 Å². The smallest absolute Gasteiger partial charge is 0.245 e. The Balaban J connectivity index is 1.83. The number of piperidine rings is 1. The van der Waals surface area contributed by atoms with Crippen molar-refractivity contribution in [1.29, 1.82) is 0 Å². The van der Waals surface area contributed by atoms with Crippen molar-refractivity contribution in [3.63, 3.8) is 0 Å². The lowest BCUT2D eigenvalue weighted by Crippen LogP contribution is -2.36. The molecule has 2 aromatic carbocycles. The number of benzene rings is 2. The van der Waals surface area contributed by atoms with Crippen LogP contribution in [0.15, 0.2) is 41.3 Å². The van der Waals surface area contributed by atoms with Crippen molar-refractivity contribution in [2.45, 2.75) is 31.1 Å². The summed E-state index contributed by atoms with van der Waals surface area (Å²) in [5.41, 5.74) is 1.62. The molecule has 0 aliphatic carbocycles. The average molecular weight is 442 g/mol. The molecule has 0 spiro atoms. The van der Waals surface area contributed by atoms with Gasteiger partial charge in [-0.05, 0) is 67.9 Å². The summed E-state index contributed by atoms with van der Waals surface area (Å²) in [5.74, 6) is -0.571. The Labute approximate surface area is 174 Å². The minimum absolute atomic E-state index is 0.0119. The molecule has 0 unspecified atom stereocenters. The largest absolute Gasteiger partial charge is 0.332 e. The van der Waals surface area contributed by atoms with Crippen LogP contribution in [0.1, 0.15) is 24.8 Å². The van der Waals surface area contributed by atoms with Gasteiger partial charge in [0.2, 0.25) is 10.0 Å². The second-order valence-electron chi connectivity index (χ2n) is 6.67. The standard InChI is InChI=1S/C19H21ClFN3O2S2/c1-13-5-8-17(18(11-13)28(25,26)24-9-3-2-4-10-24)23-19(27)22-14-6-7-15(20)16(21)12-14/h5-8,11-12H,2-4,9-10H2,1H3,(H2,22,23,27). The van der Waals surface area contributed by atoms with Crippen LogP contribution < -0.4 is 10.6 Å². The number of nitrogens with zero attached hydrogens (tertiary/aromatic N) is 1. The molecule has 1 aliphatic heterocycles. The number of anilines is 2. The molecule has 0 atom stereocenters. The second-order valence-corrected chi connectivity index (χ2v) is 9.39. The summed E-state index contributed by atoms with van der Waals surface area (Å²) in [6.07, 6.45) is 2.75. The highest BCUT2D eigenvalue weighted by atomic mass is 35.5. The SMILES string of the molecule is Cc1ccc(NC(=S)Nc2ccc(Cl)c(F)c2)c(S(=O)(=O)N2CCCCC2)c1. The zero-order chi connectivity index (χ0) is 20.3. The van der Waals surface area contributed by atoms with E-state index in [4.69, 9.17) is 23.8 Å². The number of rotatable bonds is 4. The molecule has 1 aliphatic rings. The van der Waals surface area contributed by atoms with Crippen LogP contribution in [0.25, 0.3) is 0 Å². The summed E-state index contributed by atoms with van der Waals surface area (Å²) in [6, 6.07) is 9.35. The van der Waals surface area contributed by atoms with Gasteiger partial charge in [-0.2, -0.15) is 4.31 Å². The monoisotopic (exact) mass is 441 g/mol. The molecule has 1 fully saturated rings. The number of hydrogen-bond donors (Lipinski definition) is 2. The minimum atomic E-state index is -3.64. The van der Waals surface area contributed by atoms with Crippen LogP contribution >= 0.6 is 23.8 Å². The molecule has 1 saturated heterocycles. The highest BCUT2D eigenvalue weighted by Gasteiger charge is 2.28. The first-order valence-electron chi connectivity index (χ1n) is 8.91. The Morgan fingerprint density at radius 2 is 1.82 bits per heavy atom. The molecule has 2 aromatic rings. The molecule has 5 nitrogen and oxygen atoms in total. The summed E-state index contributed by atoms with van der Waals surface area (Å²) >= 11 is 11.0. The topological polar surface area (TPSA) is 61.4 Å². The van der Waals surface area contributed by atoms with Crippen molar-refractivity contribution in [1.82, 2.24) is 4.31 Å². The number of nitrogens with one attached hydrogen (secondary N) is 2. The maximum absolute atomic E-state index is 13.6. The molecule has 3 rings (SSSR count). The van der Waals surface area contributed by atoms with Gasteiger partial charge >= 0.3 is 0 Å². The second kappa shape index (κ2) is 8.73. The van der Waals surface area contributed by atoms with Crippen molar-refractivity contribution < 1.29 is 12.8 Å². The summed E-state index contributed by atoms with van der Waals surface area (Å²) in [7, 11) is -3.64. The van der Waals surface area contributed by atoms with Crippen molar-refractivity contribution in [2.75, 3.05) is 23.7 Å². The Morgan fingerprint density at radius 3 is 2.50 bits per heavy atom. The fourth-order valence-electron chi connectivity index (χ4n) is 3.05. The quantitative estimate of drug-likeness (QED) is 0.669. The van der Waals surface area contributed by atoms with E-state index in [1.165, 1.54) is 16.4 Å². The van der Waals surface area contributed by atoms with Gasteiger partial charge in [-0.3, -0.25) is 0 Å². The molecule has 1 heterocycles. The van der Waals surface area contributed by atoms with E-state index in [0.717, 1.165) is 24.8 Å². The van der Waals surface area contributed by atoms with Crippen LogP contribution in [-0.4, -0.2) is 30.9 Å². The average Bonchev–Trinajstić information content (AvgIpc) is 2.67. The zero-order valence-corrected chi connectivity index (χ0v) is 17.7. The number of thiocarbonyl (C=S) groups is 1. The summed E-state index contributed by atoms with van der Waals surface area (Å²) in [4.78, 5) is 0.181. The Bertz CT molecular complexity index is 993. The molecule has 0 radical (unpaired) electrons. The summed E-state index contributed by atoms with van der Waals surface area (Å²) in [5, 5.41) is 5.93. The first-order chi connectivity index (χ1) is 13.3. The lowest BCUT2D eigenvalue weighted by Gasteiger charge is -2.27. The third kappa shape index (κ3) is 4.81. The van der Waals surface area contributed by atoms with Gasteiger partial charge in [-0.25, -0.2) is 12.8 Å². The van der Waals surface area contributed by atoms with E-state index < -0.39 is 15.8 Å². The molecule has 150 valence electrons. The molecule has 9 heteroatoms. The van der Waals surface area contributed by atoms with Crippen molar-refractivity contribution in [2.24, 2.45) is 0 Å². The van der Waals surface area contributed by atoms with E-state index >= 15 is 0 Å². The molecule has 0 amide bonds. The summed E-state index contributed by atoms with van der Waals surface area (Å²) < 4.78 is 41.4. The van der Waals surface area contributed by atoms with Gasteiger partial charge < -0.3 is 10.6 Å². The van der Waals surface area contributed by atoms with Crippen molar-refractivity contribution in [3.05, 3.63) is 52.8 Å². The third-order valence-electron chi connectivity index (χ3n) is 4.50. The highest BCUT2D eigenvalue weighted by Crippen LogP contribution is 2.28. The molecule has 2 N–H and O–H groups in total. The minimum Gasteiger partial charge on any atom is -0.332 e. The molecular formula is C19H21ClFN3O2S2. The van der Waals surface area contributed by atoms with Crippen LogP contribution in [0.5, 0.6) is 0 Å². The van der Waals surface area contributed by atoms with E-state index in [-0.39, 0.29) is 15.0 Å². The Kier molecular flexibility index (Phi) is 6.54.